The molecule has 5 aromatic carbocycles. The average molecular weight is 617 g/mol. The van der Waals surface area contributed by atoms with Crippen LogP contribution in [0.3, 0.4) is 0 Å². The highest BCUT2D eigenvalue weighted by atomic mass is 16.2. The van der Waals surface area contributed by atoms with Crippen LogP contribution in [0, 0.1) is 0 Å². The van der Waals surface area contributed by atoms with E-state index in [0.717, 1.165) is 22.3 Å². The highest BCUT2D eigenvalue weighted by Gasteiger charge is 2.13. The van der Waals surface area contributed by atoms with Gasteiger partial charge in [0.05, 0.1) is 13.1 Å². The van der Waals surface area contributed by atoms with Gasteiger partial charge in [0.2, 0.25) is 11.8 Å². The van der Waals surface area contributed by atoms with E-state index in [2.05, 4.69) is 81.1 Å². The Balaban J connectivity index is 1.09. The molecule has 0 aliphatic heterocycles. The second kappa shape index (κ2) is 16.6. The Bertz CT molecular complexity index is 1630. The van der Waals surface area contributed by atoms with Crippen molar-refractivity contribution in [2.75, 3.05) is 39.3 Å². The first-order valence-corrected chi connectivity index (χ1v) is 15.9. The lowest BCUT2D eigenvalue weighted by Gasteiger charge is -2.22. The van der Waals surface area contributed by atoms with Gasteiger partial charge in [0.1, 0.15) is 0 Å². The molecule has 8 nitrogen and oxygen atoms in total. The Labute approximate surface area is 271 Å². The molecule has 0 aliphatic rings. The molecule has 46 heavy (non-hydrogen) atoms. The quantitative estimate of drug-likeness (QED) is 0.132. The molecule has 2 amide bonds. The van der Waals surface area contributed by atoms with E-state index >= 15 is 0 Å². The first-order chi connectivity index (χ1) is 22.5. The predicted octanol–water partition coefficient (Wildman–Crippen LogP) is 4.15. The molecule has 5 aromatic rings. The molecule has 0 heterocycles. The van der Waals surface area contributed by atoms with Crippen molar-refractivity contribution in [3.63, 3.8) is 0 Å². The van der Waals surface area contributed by atoms with Crippen molar-refractivity contribution in [2.45, 2.75) is 26.2 Å². The van der Waals surface area contributed by atoms with Gasteiger partial charge < -0.3 is 22.1 Å². The van der Waals surface area contributed by atoms with E-state index < -0.39 is 0 Å². The Morgan fingerprint density at radius 2 is 0.935 bits per heavy atom. The summed E-state index contributed by atoms with van der Waals surface area (Å²) in [7, 11) is 0. The van der Waals surface area contributed by atoms with Crippen LogP contribution in [0.15, 0.2) is 109 Å². The fraction of sp³-hybridized carbons (Fsp3) is 0.263. The van der Waals surface area contributed by atoms with Gasteiger partial charge in [0.25, 0.3) is 0 Å². The average Bonchev–Trinajstić information content (AvgIpc) is 3.07. The van der Waals surface area contributed by atoms with Crippen molar-refractivity contribution in [3.05, 3.63) is 131 Å². The lowest BCUT2D eigenvalue weighted by Crippen LogP contribution is -2.39. The maximum absolute atomic E-state index is 12.9. The van der Waals surface area contributed by atoms with Crippen LogP contribution in [-0.2, 0) is 35.8 Å². The van der Waals surface area contributed by atoms with E-state index in [9.17, 15) is 9.59 Å². The Kier molecular flexibility index (Phi) is 11.9. The highest BCUT2D eigenvalue weighted by Crippen LogP contribution is 2.18. The summed E-state index contributed by atoms with van der Waals surface area (Å²) in [5, 5.41) is 10.8. The summed E-state index contributed by atoms with van der Waals surface area (Å²) in [6.07, 6.45) is 0. The third-order valence-corrected chi connectivity index (χ3v) is 8.04. The van der Waals surface area contributed by atoms with Crippen LogP contribution < -0.4 is 22.1 Å². The summed E-state index contributed by atoms with van der Waals surface area (Å²) in [6, 6.07) is 37.2. The second-order valence-corrected chi connectivity index (χ2v) is 11.7. The van der Waals surface area contributed by atoms with Crippen molar-refractivity contribution in [2.24, 2.45) is 11.5 Å². The van der Waals surface area contributed by atoms with Crippen LogP contribution in [0.25, 0.3) is 21.5 Å². The minimum Gasteiger partial charge on any atom is -0.351 e. The minimum atomic E-state index is -0.0562. The number of rotatable bonds is 16. The third kappa shape index (κ3) is 9.70. The van der Waals surface area contributed by atoms with Gasteiger partial charge in [0.15, 0.2) is 0 Å². The number of fused-ring (bicyclic) bond motifs is 2. The molecule has 0 saturated heterocycles. The third-order valence-electron chi connectivity index (χ3n) is 8.04. The van der Waals surface area contributed by atoms with E-state index in [1.54, 1.807) is 0 Å². The molecule has 0 saturated carbocycles. The fourth-order valence-corrected chi connectivity index (χ4v) is 5.75. The van der Waals surface area contributed by atoms with E-state index in [-0.39, 0.29) is 24.9 Å². The van der Waals surface area contributed by atoms with E-state index in [1.807, 2.05) is 48.5 Å². The summed E-state index contributed by atoms with van der Waals surface area (Å²) in [5.74, 6) is -0.112. The molecule has 0 fully saturated rings. The molecular formula is C38H44N6O2. The molecule has 238 valence electrons. The van der Waals surface area contributed by atoms with Crippen LogP contribution in [-0.4, -0.2) is 60.9 Å². The lowest BCUT2D eigenvalue weighted by molar-refractivity contribution is -0.123. The maximum atomic E-state index is 12.9. The normalized spacial score (nSPS) is 11.4. The van der Waals surface area contributed by atoms with Crippen molar-refractivity contribution in [1.82, 2.24) is 20.4 Å². The summed E-state index contributed by atoms with van der Waals surface area (Å²) in [4.78, 5) is 29.9. The number of hydrogen-bond donors (Lipinski definition) is 4. The Morgan fingerprint density at radius 1 is 0.500 bits per heavy atom. The van der Waals surface area contributed by atoms with Crippen molar-refractivity contribution in [3.8, 4) is 0 Å². The van der Waals surface area contributed by atoms with Gasteiger partial charge in [-0.1, -0.05) is 97.1 Å². The molecule has 0 bridgehead atoms. The topological polar surface area (TPSA) is 117 Å². The van der Waals surface area contributed by atoms with Gasteiger partial charge in [-0.3, -0.25) is 19.4 Å². The molecule has 8 heteroatoms. The van der Waals surface area contributed by atoms with Crippen LogP contribution in [0.1, 0.15) is 22.3 Å². The molecule has 6 N–H and O–H groups in total. The van der Waals surface area contributed by atoms with Crippen molar-refractivity contribution in [1.29, 1.82) is 0 Å². The summed E-state index contributed by atoms with van der Waals surface area (Å²) in [5.41, 5.74) is 16.0. The van der Waals surface area contributed by atoms with Crippen molar-refractivity contribution >= 4 is 33.4 Å². The molecule has 0 unspecified atom stereocenters. The number of nitrogens with zero attached hydrogens (tertiary/aromatic N) is 2. The van der Waals surface area contributed by atoms with E-state index in [4.69, 9.17) is 11.5 Å². The second-order valence-electron chi connectivity index (χ2n) is 11.7. The predicted molar refractivity (Wildman–Crippen MR) is 187 cm³/mol. The number of benzene rings is 5. The first-order valence-electron chi connectivity index (χ1n) is 15.9. The van der Waals surface area contributed by atoms with Crippen LogP contribution in [0.2, 0.25) is 0 Å². The number of carbonyl (C=O) groups excluding carboxylic acids is 2. The van der Waals surface area contributed by atoms with Gasteiger partial charge in [-0.2, -0.15) is 0 Å². The molecule has 0 aliphatic carbocycles. The Morgan fingerprint density at radius 3 is 1.37 bits per heavy atom. The molecule has 0 atom stereocenters. The summed E-state index contributed by atoms with van der Waals surface area (Å²) < 4.78 is 0. The maximum Gasteiger partial charge on any atom is 0.234 e. The molecule has 5 rings (SSSR count). The van der Waals surface area contributed by atoms with Crippen LogP contribution >= 0.6 is 0 Å². The number of hydrogen-bond acceptors (Lipinski definition) is 6. The zero-order chi connectivity index (χ0) is 32.1. The van der Waals surface area contributed by atoms with E-state index in [0.29, 0.717) is 52.4 Å². The highest BCUT2D eigenvalue weighted by molar-refractivity contribution is 5.84. The minimum absolute atomic E-state index is 0.0562. The van der Waals surface area contributed by atoms with Gasteiger partial charge in [0, 0.05) is 52.4 Å². The number of nitrogens with one attached hydrogen (secondary N) is 2. The van der Waals surface area contributed by atoms with E-state index in [1.165, 1.54) is 21.5 Å². The largest absolute Gasteiger partial charge is 0.351 e. The monoisotopic (exact) mass is 616 g/mol. The molecular weight excluding hydrogens is 572 g/mol. The van der Waals surface area contributed by atoms with Crippen LogP contribution in [0.4, 0.5) is 0 Å². The van der Waals surface area contributed by atoms with Crippen LogP contribution in [0.5, 0.6) is 0 Å². The SMILES string of the molecule is NCCN(CC(=O)NCc1cccc(CNC(=O)CN(CCN)Cc2ccc3ccccc3c2)c1)Cc1ccc2ccccc2c1. The number of carbonyl (C=O) groups is 2. The molecule has 0 radical (unpaired) electrons. The van der Waals surface area contributed by atoms with Gasteiger partial charge >= 0.3 is 0 Å². The number of nitrogens with two attached hydrogens (primary N) is 2. The molecule has 0 spiro atoms. The lowest BCUT2D eigenvalue weighted by atomic mass is 10.1. The number of amides is 2. The van der Waals surface area contributed by atoms with Crippen molar-refractivity contribution < 1.29 is 9.59 Å². The fourth-order valence-electron chi connectivity index (χ4n) is 5.75. The van der Waals surface area contributed by atoms with Gasteiger partial charge in [-0.25, -0.2) is 0 Å². The Hall–Kier alpha value is -4.60. The zero-order valence-electron chi connectivity index (χ0n) is 26.3. The molecule has 0 aromatic heterocycles. The zero-order valence-corrected chi connectivity index (χ0v) is 26.3. The first kappa shape index (κ1) is 32.8. The standard InChI is InChI=1S/C38H44N6O2/c39-16-18-43(25-31-12-14-33-8-1-3-10-35(33)21-31)27-37(45)41-23-29-6-5-7-30(20-29)24-42-38(46)28-44(19-17-40)26-32-13-15-34-9-2-4-11-36(34)22-32/h1-15,20-22H,16-19,23-28,39-40H2,(H,41,45)(H,42,46). The summed E-state index contributed by atoms with van der Waals surface area (Å²) >= 11 is 0. The van der Waals surface area contributed by atoms with Gasteiger partial charge in [-0.05, 0) is 55.9 Å². The van der Waals surface area contributed by atoms with Gasteiger partial charge in [-0.15, -0.1) is 0 Å². The summed E-state index contributed by atoms with van der Waals surface area (Å²) in [6.45, 7) is 4.83. The smallest absolute Gasteiger partial charge is 0.234 e.